The molecule has 0 amide bonds. The number of nitrogens with one attached hydrogen (secondary N) is 1. The third-order valence-electron chi connectivity index (χ3n) is 2.40. The molecule has 0 aliphatic rings. The number of thiophene rings is 1. The summed E-state index contributed by atoms with van der Waals surface area (Å²) in [5, 5.41) is 9.16. The highest BCUT2D eigenvalue weighted by atomic mass is 32.1. The van der Waals surface area contributed by atoms with E-state index in [9.17, 15) is 0 Å². The van der Waals surface area contributed by atoms with Crippen LogP contribution in [0.25, 0.3) is 0 Å². The number of hydrogen-bond donors (Lipinski definition) is 1. The molecule has 1 unspecified atom stereocenters. The summed E-state index contributed by atoms with van der Waals surface area (Å²) in [5.74, 6) is 1.47. The van der Waals surface area contributed by atoms with Crippen LogP contribution in [-0.2, 0) is 12.8 Å². The van der Waals surface area contributed by atoms with E-state index in [1.54, 1.807) is 11.3 Å². The van der Waals surface area contributed by atoms with Crippen LogP contribution in [-0.4, -0.2) is 23.2 Å². The monoisotopic (exact) mass is 237 g/mol. The maximum Gasteiger partial charge on any atom is 0.231 e. The van der Waals surface area contributed by atoms with Crippen molar-refractivity contribution in [3.05, 3.63) is 34.1 Å². The van der Waals surface area contributed by atoms with Crippen LogP contribution in [0.2, 0.25) is 0 Å². The average molecular weight is 237 g/mol. The topological polar surface area (TPSA) is 51.0 Å². The fourth-order valence-electron chi connectivity index (χ4n) is 1.38. The number of nitrogens with zero attached hydrogens (tertiary/aromatic N) is 2. The first kappa shape index (κ1) is 11.3. The molecule has 0 spiro atoms. The molecule has 1 atom stereocenters. The SMILES string of the molecule is CNC(C)Cc1noc(Cc2cccs2)n1. The van der Waals surface area contributed by atoms with E-state index in [0.717, 1.165) is 18.7 Å². The Balaban J connectivity index is 1.97. The molecule has 0 fully saturated rings. The van der Waals surface area contributed by atoms with Gasteiger partial charge < -0.3 is 9.84 Å². The predicted molar refractivity (Wildman–Crippen MR) is 63.6 cm³/mol. The van der Waals surface area contributed by atoms with Crippen molar-refractivity contribution >= 4 is 11.3 Å². The van der Waals surface area contributed by atoms with Crippen molar-refractivity contribution in [2.75, 3.05) is 7.05 Å². The third kappa shape index (κ3) is 2.90. The van der Waals surface area contributed by atoms with Crippen LogP contribution >= 0.6 is 11.3 Å². The lowest BCUT2D eigenvalue weighted by atomic mass is 10.2. The van der Waals surface area contributed by atoms with E-state index in [1.807, 2.05) is 13.1 Å². The highest BCUT2D eigenvalue weighted by molar-refractivity contribution is 7.09. The third-order valence-corrected chi connectivity index (χ3v) is 3.27. The quantitative estimate of drug-likeness (QED) is 0.862. The summed E-state index contributed by atoms with van der Waals surface area (Å²) < 4.78 is 5.20. The van der Waals surface area contributed by atoms with Gasteiger partial charge >= 0.3 is 0 Å². The van der Waals surface area contributed by atoms with Crippen molar-refractivity contribution in [1.82, 2.24) is 15.5 Å². The van der Waals surface area contributed by atoms with Crippen LogP contribution in [0.15, 0.2) is 22.0 Å². The maximum absolute atomic E-state index is 5.20. The second-order valence-corrected chi connectivity index (χ2v) is 4.79. The molecule has 0 radical (unpaired) electrons. The van der Waals surface area contributed by atoms with E-state index in [1.165, 1.54) is 4.88 Å². The molecular weight excluding hydrogens is 222 g/mol. The summed E-state index contributed by atoms with van der Waals surface area (Å²) in [6.07, 6.45) is 1.53. The van der Waals surface area contributed by atoms with Gasteiger partial charge in [-0.25, -0.2) is 0 Å². The number of hydrogen-bond acceptors (Lipinski definition) is 5. The van der Waals surface area contributed by atoms with Crippen molar-refractivity contribution in [1.29, 1.82) is 0 Å². The molecule has 0 saturated heterocycles. The van der Waals surface area contributed by atoms with Gasteiger partial charge in [-0.05, 0) is 25.4 Å². The minimum atomic E-state index is 0.368. The molecule has 2 heterocycles. The second kappa shape index (κ2) is 5.23. The summed E-state index contributed by atoms with van der Waals surface area (Å²) in [7, 11) is 1.93. The Labute approximate surface area is 98.7 Å². The Morgan fingerprint density at radius 1 is 1.56 bits per heavy atom. The van der Waals surface area contributed by atoms with Gasteiger partial charge in [0.2, 0.25) is 5.89 Å². The van der Waals surface area contributed by atoms with E-state index in [0.29, 0.717) is 11.9 Å². The molecule has 4 nitrogen and oxygen atoms in total. The Kier molecular flexibility index (Phi) is 3.69. The van der Waals surface area contributed by atoms with Crippen LogP contribution < -0.4 is 5.32 Å². The van der Waals surface area contributed by atoms with Gasteiger partial charge in [-0.3, -0.25) is 0 Å². The molecule has 2 rings (SSSR count). The van der Waals surface area contributed by atoms with Crippen LogP contribution in [0.5, 0.6) is 0 Å². The van der Waals surface area contributed by atoms with Gasteiger partial charge in [-0.1, -0.05) is 11.2 Å². The van der Waals surface area contributed by atoms with Gasteiger partial charge in [0.1, 0.15) is 0 Å². The van der Waals surface area contributed by atoms with Gasteiger partial charge in [0.25, 0.3) is 0 Å². The van der Waals surface area contributed by atoms with Crippen molar-refractivity contribution in [2.45, 2.75) is 25.8 Å². The number of likely N-dealkylation sites (N-methyl/N-ethyl adjacent to an activating group) is 1. The van der Waals surface area contributed by atoms with Crippen molar-refractivity contribution in [2.24, 2.45) is 0 Å². The smallest absolute Gasteiger partial charge is 0.231 e. The zero-order chi connectivity index (χ0) is 11.4. The lowest BCUT2D eigenvalue weighted by Gasteiger charge is -2.04. The fraction of sp³-hybridized carbons (Fsp3) is 0.455. The van der Waals surface area contributed by atoms with Gasteiger partial charge in [-0.15, -0.1) is 11.3 Å². The van der Waals surface area contributed by atoms with Crippen LogP contribution in [0, 0.1) is 0 Å². The van der Waals surface area contributed by atoms with E-state index in [-0.39, 0.29) is 0 Å². The van der Waals surface area contributed by atoms with Crippen LogP contribution in [0.1, 0.15) is 23.5 Å². The van der Waals surface area contributed by atoms with Crippen molar-refractivity contribution in [3.8, 4) is 0 Å². The zero-order valence-electron chi connectivity index (χ0n) is 9.43. The predicted octanol–water partition coefficient (Wildman–Crippen LogP) is 1.87. The zero-order valence-corrected chi connectivity index (χ0v) is 10.3. The molecule has 2 aromatic heterocycles. The van der Waals surface area contributed by atoms with Gasteiger partial charge in [0.05, 0.1) is 6.42 Å². The first-order chi connectivity index (χ1) is 7.78. The molecule has 2 aromatic rings. The molecule has 0 aliphatic carbocycles. The van der Waals surface area contributed by atoms with Gasteiger partial charge in [-0.2, -0.15) is 4.98 Å². The Morgan fingerprint density at radius 3 is 3.12 bits per heavy atom. The lowest BCUT2D eigenvalue weighted by molar-refractivity contribution is 0.377. The molecule has 0 aliphatic heterocycles. The molecule has 0 saturated carbocycles. The Bertz CT molecular complexity index is 424. The normalized spacial score (nSPS) is 12.9. The van der Waals surface area contributed by atoms with E-state index >= 15 is 0 Å². The van der Waals surface area contributed by atoms with E-state index in [2.05, 4.69) is 33.8 Å². The fourth-order valence-corrected chi connectivity index (χ4v) is 2.08. The second-order valence-electron chi connectivity index (χ2n) is 3.75. The average Bonchev–Trinajstić information content (AvgIpc) is 2.91. The first-order valence-corrected chi connectivity index (χ1v) is 6.17. The van der Waals surface area contributed by atoms with E-state index < -0.39 is 0 Å². The van der Waals surface area contributed by atoms with Crippen molar-refractivity contribution in [3.63, 3.8) is 0 Å². The summed E-state index contributed by atoms with van der Waals surface area (Å²) in [4.78, 5) is 5.61. The highest BCUT2D eigenvalue weighted by Gasteiger charge is 2.10. The molecule has 5 heteroatoms. The molecule has 0 bridgehead atoms. The first-order valence-electron chi connectivity index (χ1n) is 5.29. The molecule has 0 aromatic carbocycles. The Morgan fingerprint density at radius 2 is 2.44 bits per heavy atom. The summed E-state index contributed by atoms with van der Waals surface area (Å²) >= 11 is 1.71. The van der Waals surface area contributed by atoms with Crippen molar-refractivity contribution < 1.29 is 4.52 Å². The summed E-state index contributed by atoms with van der Waals surface area (Å²) in [5.41, 5.74) is 0. The van der Waals surface area contributed by atoms with Crippen LogP contribution in [0.4, 0.5) is 0 Å². The summed E-state index contributed by atoms with van der Waals surface area (Å²) in [6, 6.07) is 4.47. The van der Waals surface area contributed by atoms with Gasteiger partial charge in [0, 0.05) is 17.3 Å². The summed E-state index contributed by atoms with van der Waals surface area (Å²) in [6.45, 7) is 2.09. The molecular formula is C11H15N3OS. The molecule has 86 valence electrons. The minimum absolute atomic E-state index is 0.368. The molecule has 16 heavy (non-hydrogen) atoms. The maximum atomic E-state index is 5.20. The standard InChI is InChI=1S/C11H15N3OS/c1-8(12-2)6-10-13-11(15-14-10)7-9-4-3-5-16-9/h3-5,8,12H,6-7H2,1-2H3. The molecule has 1 N–H and O–H groups in total. The Hall–Kier alpha value is -1.20. The van der Waals surface area contributed by atoms with Gasteiger partial charge in [0.15, 0.2) is 5.82 Å². The van der Waals surface area contributed by atoms with Crippen LogP contribution in [0.3, 0.4) is 0 Å². The lowest BCUT2D eigenvalue weighted by Crippen LogP contribution is -2.24. The number of aromatic nitrogens is 2. The largest absolute Gasteiger partial charge is 0.339 e. The number of rotatable bonds is 5. The highest BCUT2D eigenvalue weighted by Crippen LogP contribution is 2.13. The minimum Gasteiger partial charge on any atom is -0.339 e. The van der Waals surface area contributed by atoms with E-state index in [4.69, 9.17) is 4.52 Å².